The van der Waals surface area contributed by atoms with Crippen molar-refractivity contribution >= 4 is 11.0 Å². The van der Waals surface area contributed by atoms with E-state index in [9.17, 15) is 40.5 Å². The molecule has 0 amide bonds. The summed E-state index contributed by atoms with van der Waals surface area (Å²) in [7, 11) is 0. The van der Waals surface area contributed by atoms with Crippen molar-refractivity contribution in [2.24, 2.45) is 0 Å². The molecule has 0 spiro atoms. The molecule has 1 aliphatic rings. The number of aliphatic hydroxyl groups is 4. The Morgan fingerprint density at radius 1 is 0.906 bits per heavy atom. The lowest BCUT2D eigenvalue weighted by Crippen LogP contribution is -2.60. The van der Waals surface area contributed by atoms with E-state index in [1.807, 2.05) is 0 Å². The average molecular weight is 448 g/mol. The van der Waals surface area contributed by atoms with Gasteiger partial charge in [0.05, 0.1) is 6.61 Å². The van der Waals surface area contributed by atoms with Crippen molar-refractivity contribution in [2.45, 2.75) is 30.7 Å². The molecule has 0 saturated carbocycles. The third-order valence-corrected chi connectivity index (χ3v) is 5.13. The number of benzene rings is 2. The number of phenolic OH excluding ortho intramolecular Hbond substituents is 3. The minimum absolute atomic E-state index is 0.0661. The number of hydrogen-bond acceptors (Lipinski definition) is 11. The minimum atomic E-state index is -1.80. The van der Waals surface area contributed by atoms with Crippen LogP contribution < -0.4 is 10.2 Å². The molecule has 11 nitrogen and oxygen atoms in total. The Morgan fingerprint density at radius 2 is 1.59 bits per heavy atom. The molecule has 2 heterocycles. The monoisotopic (exact) mass is 448 g/mol. The number of aliphatic hydroxyl groups excluding tert-OH is 4. The van der Waals surface area contributed by atoms with Gasteiger partial charge in [-0.05, 0) is 24.3 Å². The topological polar surface area (TPSA) is 190 Å². The third-order valence-electron chi connectivity index (χ3n) is 5.13. The second-order valence-corrected chi connectivity index (χ2v) is 7.29. The Balaban J connectivity index is 1.89. The molecule has 7 N–H and O–H groups in total. The van der Waals surface area contributed by atoms with Gasteiger partial charge >= 0.3 is 0 Å². The van der Waals surface area contributed by atoms with Crippen LogP contribution in [0.25, 0.3) is 22.3 Å². The highest BCUT2D eigenvalue weighted by atomic mass is 16.7. The molecule has 2 aromatic carbocycles. The van der Waals surface area contributed by atoms with Gasteiger partial charge in [0.2, 0.25) is 17.5 Å². The number of hydrogen-bond donors (Lipinski definition) is 7. The highest BCUT2D eigenvalue weighted by molar-refractivity contribution is 5.88. The van der Waals surface area contributed by atoms with Crippen LogP contribution in [0.2, 0.25) is 0 Å². The minimum Gasteiger partial charge on any atom is -0.508 e. The lowest BCUT2D eigenvalue weighted by molar-refractivity contribution is -0.277. The van der Waals surface area contributed by atoms with Crippen LogP contribution in [0.4, 0.5) is 0 Å². The summed E-state index contributed by atoms with van der Waals surface area (Å²) in [6, 6.07) is 7.48. The second kappa shape index (κ2) is 8.30. The zero-order valence-corrected chi connectivity index (χ0v) is 16.3. The lowest BCUT2D eigenvalue weighted by atomic mass is 9.99. The third kappa shape index (κ3) is 3.72. The summed E-state index contributed by atoms with van der Waals surface area (Å²) in [6.07, 6.45) is -8.16. The maximum atomic E-state index is 13.2. The first-order chi connectivity index (χ1) is 15.2. The normalized spacial score (nSPS) is 25.7. The summed E-state index contributed by atoms with van der Waals surface area (Å²) in [5, 5.41) is 68.8. The van der Waals surface area contributed by atoms with E-state index in [1.165, 1.54) is 24.3 Å². The summed E-state index contributed by atoms with van der Waals surface area (Å²) in [6.45, 7) is -0.706. The molecule has 1 fully saturated rings. The zero-order valence-electron chi connectivity index (χ0n) is 16.3. The molecule has 2 unspecified atom stereocenters. The maximum absolute atomic E-state index is 13.2. The van der Waals surface area contributed by atoms with Crippen LogP contribution in [0.1, 0.15) is 0 Å². The first-order valence-electron chi connectivity index (χ1n) is 9.50. The molecular formula is C21H20O11. The van der Waals surface area contributed by atoms with Crippen molar-refractivity contribution in [3.8, 4) is 34.3 Å². The molecular weight excluding hydrogens is 428 g/mol. The van der Waals surface area contributed by atoms with Gasteiger partial charge in [0.25, 0.3) is 0 Å². The van der Waals surface area contributed by atoms with Gasteiger partial charge in [-0.2, -0.15) is 0 Å². The molecule has 0 bridgehead atoms. The van der Waals surface area contributed by atoms with Crippen molar-refractivity contribution < 1.29 is 49.6 Å². The van der Waals surface area contributed by atoms with Crippen LogP contribution in [-0.4, -0.2) is 73.1 Å². The highest BCUT2D eigenvalue weighted by Gasteiger charge is 2.45. The van der Waals surface area contributed by atoms with Gasteiger partial charge in [-0.25, -0.2) is 0 Å². The van der Waals surface area contributed by atoms with Crippen molar-refractivity contribution in [1.82, 2.24) is 0 Å². The molecule has 0 radical (unpaired) electrons. The van der Waals surface area contributed by atoms with Crippen molar-refractivity contribution in [3.63, 3.8) is 0 Å². The first kappa shape index (κ1) is 21.9. The average Bonchev–Trinajstić information content (AvgIpc) is 2.75. The predicted octanol–water partition coefficient (Wildman–Crippen LogP) is -0.244. The molecule has 5 atom stereocenters. The van der Waals surface area contributed by atoms with Gasteiger partial charge in [0, 0.05) is 17.7 Å². The molecule has 1 saturated heterocycles. The van der Waals surface area contributed by atoms with Crippen molar-refractivity contribution in [3.05, 3.63) is 46.6 Å². The first-order valence-corrected chi connectivity index (χ1v) is 9.50. The van der Waals surface area contributed by atoms with E-state index in [-0.39, 0.29) is 33.8 Å². The molecule has 170 valence electrons. The molecule has 1 aromatic heterocycles. The number of phenols is 3. The Kier molecular flexibility index (Phi) is 5.67. The second-order valence-electron chi connectivity index (χ2n) is 7.29. The molecule has 3 aromatic rings. The van der Waals surface area contributed by atoms with Gasteiger partial charge in [-0.15, -0.1) is 0 Å². The maximum Gasteiger partial charge on any atom is 0.239 e. The van der Waals surface area contributed by atoms with Crippen LogP contribution >= 0.6 is 0 Å². The largest absolute Gasteiger partial charge is 0.508 e. The highest BCUT2D eigenvalue weighted by Crippen LogP contribution is 2.37. The Hall–Kier alpha value is -3.35. The van der Waals surface area contributed by atoms with Crippen LogP contribution in [0.15, 0.2) is 45.6 Å². The van der Waals surface area contributed by atoms with Crippen LogP contribution in [0.5, 0.6) is 23.0 Å². The number of aromatic hydroxyl groups is 3. The zero-order chi connectivity index (χ0) is 23.2. The Morgan fingerprint density at radius 3 is 2.25 bits per heavy atom. The van der Waals surface area contributed by atoms with Crippen LogP contribution in [0.3, 0.4) is 0 Å². The summed E-state index contributed by atoms with van der Waals surface area (Å²) < 4.78 is 16.6. The SMILES string of the molecule is O=c1c(O[C@@H]2O[C@H](CO)[C@H](O)C(O)C2O)c(-c2ccc(O)cc2)oc2cc(O)cc(O)c12. The van der Waals surface area contributed by atoms with Gasteiger partial charge in [-0.1, -0.05) is 0 Å². The van der Waals surface area contributed by atoms with E-state index >= 15 is 0 Å². The van der Waals surface area contributed by atoms with E-state index in [0.717, 1.165) is 12.1 Å². The number of rotatable bonds is 4. The Bertz CT molecular complexity index is 1190. The molecule has 0 aliphatic carbocycles. The van der Waals surface area contributed by atoms with E-state index in [0.29, 0.717) is 0 Å². The summed E-state index contributed by atoms with van der Waals surface area (Å²) >= 11 is 0. The van der Waals surface area contributed by atoms with E-state index in [2.05, 4.69) is 0 Å². The van der Waals surface area contributed by atoms with Gasteiger partial charge < -0.3 is 49.6 Å². The fourth-order valence-corrected chi connectivity index (χ4v) is 3.46. The van der Waals surface area contributed by atoms with Crippen molar-refractivity contribution in [2.75, 3.05) is 6.61 Å². The van der Waals surface area contributed by atoms with Crippen molar-refractivity contribution in [1.29, 1.82) is 0 Å². The van der Waals surface area contributed by atoms with Gasteiger partial charge in [0.15, 0.2) is 5.76 Å². The van der Waals surface area contributed by atoms with Crippen LogP contribution in [0, 0.1) is 0 Å². The van der Waals surface area contributed by atoms with Gasteiger partial charge in [0.1, 0.15) is 52.6 Å². The fourth-order valence-electron chi connectivity index (χ4n) is 3.46. The summed E-state index contributed by atoms with van der Waals surface area (Å²) in [5.74, 6) is -1.73. The quantitative estimate of drug-likeness (QED) is 0.279. The number of fused-ring (bicyclic) bond motifs is 1. The summed E-state index contributed by atoms with van der Waals surface area (Å²) in [4.78, 5) is 13.2. The molecule has 32 heavy (non-hydrogen) atoms. The molecule has 1 aliphatic heterocycles. The fraction of sp³-hybridized carbons (Fsp3) is 0.286. The summed E-state index contributed by atoms with van der Waals surface area (Å²) in [5.41, 5.74) is -0.801. The number of ether oxygens (including phenoxy) is 2. The molecule has 11 heteroatoms. The smallest absolute Gasteiger partial charge is 0.239 e. The van der Waals surface area contributed by atoms with Gasteiger partial charge in [-0.3, -0.25) is 4.79 Å². The Labute approximate surface area is 179 Å². The lowest BCUT2D eigenvalue weighted by Gasteiger charge is -2.39. The predicted molar refractivity (Wildman–Crippen MR) is 107 cm³/mol. The van der Waals surface area contributed by atoms with E-state index in [4.69, 9.17) is 13.9 Å². The van der Waals surface area contributed by atoms with E-state index < -0.39 is 54.2 Å². The standard InChI is InChI=1S/C21H20O11/c22-7-13-15(26)17(28)18(29)21(31-13)32-20-16(27)14-11(25)5-10(24)6-12(14)30-19(20)8-1-3-9(23)4-2-8/h1-6,13,15,17-18,21-26,28-29H,7H2/t13-,15+,17?,18?,21+/m1/s1. The molecule has 4 rings (SSSR count). The van der Waals surface area contributed by atoms with E-state index in [1.54, 1.807) is 0 Å². The van der Waals surface area contributed by atoms with Crippen LogP contribution in [-0.2, 0) is 4.74 Å².